The molecule has 4 heteroatoms. The number of furan rings is 2. The van der Waals surface area contributed by atoms with Crippen molar-refractivity contribution in [1.29, 1.82) is 0 Å². The van der Waals surface area contributed by atoms with E-state index in [1.54, 1.807) is 0 Å². The molecule has 0 atom stereocenters. The molecule has 9 aromatic carbocycles. The van der Waals surface area contributed by atoms with Crippen molar-refractivity contribution in [2.75, 3.05) is 4.90 Å². The Kier molecular flexibility index (Phi) is 6.66. The summed E-state index contributed by atoms with van der Waals surface area (Å²) < 4.78 is 16.6. The highest BCUT2D eigenvalue weighted by molar-refractivity contribution is 7.26. The zero-order valence-electron chi connectivity index (χ0n) is 32.4. The average Bonchev–Trinajstić information content (AvgIpc) is 4.02. The van der Waals surface area contributed by atoms with Crippen LogP contribution in [0.25, 0.3) is 97.1 Å². The number of nitrogens with zero attached hydrogens (tertiary/aromatic N) is 1. The number of thiophene rings is 1. The first-order valence-corrected chi connectivity index (χ1v) is 21.1. The smallest absolute Gasteiger partial charge is 0.159 e. The Morgan fingerprint density at radius 2 is 1.10 bits per heavy atom. The van der Waals surface area contributed by atoms with E-state index in [9.17, 15) is 0 Å². The van der Waals surface area contributed by atoms with Gasteiger partial charge in [-0.3, -0.25) is 0 Å². The number of hydrogen-bond acceptors (Lipinski definition) is 4. The SMILES string of the molecule is CC1(C)c2ccccc2-c2ccc(N(c3cccc4c3oc3c(-c5cccc6c5oc5ccccc56)c5ccccc5cc34)c3cccc4c3sc3ccccc34)cc21. The topological polar surface area (TPSA) is 29.5 Å². The molecule has 278 valence electrons. The van der Waals surface area contributed by atoms with Crippen molar-refractivity contribution in [2.45, 2.75) is 19.3 Å². The Bertz CT molecular complexity index is 3730. The van der Waals surface area contributed by atoms with Gasteiger partial charge < -0.3 is 13.7 Å². The van der Waals surface area contributed by atoms with Gasteiger partial charge in [0.15, 0.2) is 5.58 Å². The molecule has 3 heterocycles. The van der Waals surface area contributed by atoms with E-state index in [0.717, 1.165) is 82.8 Å². The second kappa shape index (κ2) is 12.0. The van der Waals surface area contributed by atoms with Crippen LogP contribution in [0.2, 0.25) is 0 Å². The van der Waals surface area contributed by atoms with Crippen LogP contribution >= 0.6 is 11.3 Å². The third-order valence-electron chi connectivity index (χ3n) is 12.9. The van der Waals surface area contributed by atoms with Gasteiger partial charge in [0.25, 0.3) is 0 Å². The van der Waals surface area contributed by atoms with Crippen molar-refractivity contribution in [1.82, 2.24) is 0 Å². The Morgan fingerprint density at radius 1 is 0.441 bits per heavy atom. The molecule has 13 rings (SSSR count). The number of rotatable bonds is 4. The van der Waals surface area contributed by atoms with Crippen molar-refractivity contribution in [2.24, 2.45) is 0 Å². The first kappa shape index (κ1) is 32.9. The van der Waals surface area contributed by atoms with Crippen molar-refractivity contribution >= 4 is 103 Å². The van der Waals surface area contributed by atoms with Gasteiger partial charge in [-0.2, -0.15) is 0 Å². The predicted molar refractivity (Wildman–Crippen MR) is 249 cm³/mol. The molecular weight excluding hydrogens is 739 g/mol. The van der Waals surface area contributed by atoms with Crippen molar-refractivity contribution in [3.63, 3.8) is 0 Å². The van der Waals surface area contributed by atoms with Gasteiger partial charge in [-0.05, 0) is 75.5 Å². The van der Waals surface area contributed by atoms with Gasteiger partial charge in [0.05, 0.1) is 16.1 Å². The van der Waals surface area contributed by atoms with Gasteiger partial charge in [0.1, 0.15) is 16.7 Å². The molecule has 0 amide bonds. The molecular formula is C55H35NO2S. The zero-order valence-corrected chi connectivity index (χ0v) is 33.2. The molecule has 0 unspecified atom stereocenters. The second-order valence-corrected chi connectivity index (χ2v) is 17.4. The highest BCUT2D eigenvalue weighted by atomic mass is 32.1. The minimum Gasteiger partial charge on any atom is -0.455 e. The number of anilines is 3. The molecule has 0 N–H and O–H groups in total. The third kappa shape index (κ3) is 4.52. The fourth-order valence-electron chi connectivity index (χ4n) is 10.1. The molecule has 3 nitrogen and oxygen atoms in total. The van der Waals surface area contributed by atoms with E-state index < -0.39 is 0 Å². The largest absolute Gasteiger partial charge is 0.455 e. The molecule has 59 heavy (non-hydrogen) atoms. The van der Waals surface area contributed by atoms with E-state index in [1.165, 1.54) is 42.4 Å². The molecule has 1 aliphatic carbocycles. The lowest BCUT2D eigenvalue weighted by Crippen LogP contribution is -2.16. The summed E-state index contributed by atoms with van der Waals surface area (Å²) in [6, 6.07) is 63.8. The van der Waals surface area contributed by atoms with Crippen LogP contribution in [0.3, 0.4) is 0 Å². The predicted octanol–water partition coefficient (Wildman–Crippen LogP) is 16.4. The Morgan fingerprint density at radius 3 is 2.00 bits per heavy atom. The van der Waals surface area contributed by atoms with E-state index in [2.05, 4.69) is 189 Å². The van der Waals surface area contributed by atoms with Crippen molar-refractivity contribution in [3.8, 4) is 22.3 Å². The lowest BCUT2D eigenvalue weighted by molar-refractivity contribution is 0.660. The quantitative estimate of drug-likeness (QED) is 0.178. The summed E-state index contributed by atoms with van der Waals surface area (Å²) in [6.45, 7) is 4.71. The van der Waals surface area contributed by atoms with Gasteiger partial charge in [0.2, 0.25) is 0 Å². The Labute approximate surface area is 344 Å². The minimum absolute atomic E-state index is 0.157. The first-order valence-electron chi connectivity index (χ1n) is 20.3. The molecule has 0 spiro atoms. The van der Waals surface area contributed by atoms with Crippen molar-refractivity contribution < 1.29 is 8.83 Å². The summed E-state index contributed by atoms with van der Waals surface area (Å²) in [4.78, 5) is 2.45. The molecule has 1 aliphatic rings. The maximum atomic E-state index is 7.40. The fourth-order valence-corrected chi connectivity index (χ4v) is 11.3. The molecule has 0 saturated heterocycles. The summed E-state index contributed by atoms with van der Waals surface area (Å²) in [5.74, 6) is 0. The van der Waals surface area contributed by atoms with E-state index >= 15 is 0 Å². The summed E-state index contributed by atoms with van der Waals surface area (Å²) >= 11 is 1.85. The van der Waals surface area contributed by atoms with Gasteiger partial charge in [-0.25, -0.2) is 0 Å². The monoisotopic (exact) mass is 773 g/mol. The summed E-state index contributed by atoms with van der Waals surface area (Å²) in [5.41, 5.74) is 13.9. The molecule has 3 aromatic heterocycles. The van der Waals surface area contributed by atoms with E-state index in [-0.39, 0.29) is 5.41 Å². The van der Waals surface area contributed by atoms with Gasteiger partial charge in [0, 0.05) is 59.2 Å². The Balaban J connectivity index is 1.12. The van der Waals surface area contributed by atoms with Crippen LogP contribution in [0.15, 0.2) is 185 Å². The molecule has 12 aromatic rings. The highest BCUT2D eigenvalue weighted by Crippen LogP contribution is 2.53. The first-order chi connectivity index (χ1) is 29.0. The maximum Gasteiger partial charge on any atom is 0.159 e. The summed E-state index contributed by atoms with van der Waals surface area (Å²) in [7, 11) is 0. The minimum atomic E-state index is -0.157. The average molecular weight is 774 g/mol. The van der Waals surface area contributed by atoms with E-state index in [0.29, 0.717) is 0 Å². The number of benzene rings is 9. The fraction of sp³-hybridized carbons (Fsp3) is 0.0545. The lowest BCUT2D eigenvalue weighted by Gasteiger charge is -2.28. The highest BCUT2D eigenvalue weighted by Gasteiger charge is 2.36. The van der Waals surface area contributed by atoms with E-state index in [1.807, 2.05) is 17.4 Å². The van der Waals surface area contributed by atoms with E-state index in [4.69, 9.17) is 8.83 Å². The van der Waals surface area contributed by atoms with Crippen LogP contribution < -0.4 is 4.90 Å². The summed E-state index contributed by atoms with van der Waals surface area (Å²) in [5, 5.41) is 9.17. The molecule has 0 radical (unpaired) electrons. The van der Waals surface area contributed by atoms with Crippen LogP contribution in [-0.4, -0.2) is 0 Å². The van der Waals surface area contributed by atoms with Gasteiger partial charge in [-0.1, -0.05) is 147 Å². The zero-order chi connectivity index (χ0) is 39.0. The standard InChI is InChI=1S/C55H35NO2S/c1-55(2)44-23-8-5-16-35(44)36-29-28-33(31-45(36)55)56(47-25-13-21-41-38-18-7-10-27-49(38)59-54(41)47)46-24-12-20-40-43-30-32-14-3-4-15-34(32)50(53(43)58-52(40)46)42-22-11-19-39-37-17-6-9-26-48(37)57-51(39)42/h3-31H,1-2H3. The van der Waals surface area contributed by atoms with Crippen LogP contribution in [0.1, 0.15) is 25.0 Å². The van der Waals surface area contributed by atoms with Crippen LogP contribution in [0.4, 0.5) is 17.1 Å². The number of para-hydroxylation sites is 3. The number of hydrogen-bond donors (Lipinski definition) is 0. The molecule has 0 aliphatic heterocycles. The maximum absolute atomic E-state index is 7.40. The third-order valence-corrected chi connectivity index (χ3v) is 14.1. The molecule has 0 bridgehead atoms. The normalized spacial score (nSPS) is 13.4. The number of fused-ring (bicyclic) bond motifs is 13. The molecule has 0 saturated carbocycles. The second-order valence-electron chi connectivity index (χ2n) is 16.4. The molecule has 0 fully saturated rings. The van der Waals surface area contributed by atoms with Crippen LogP contribution in [0.5, 0.6) is 0 Å². The van der Waals surface area contributed by atoms with Crippen LogP contribution in [0, 0.1) is 0 Å². The van der Waals surface area contributed by atoms with Gasteiger partial charge in [-0.15, -0.1) is 11.3 Å². The van der Waals surface area contributed by atoms with Crippen molar-refractivity contribution in [3.05, 3.63) is 187 Å². The van der Waals surface area contributed by atoms with Gasteiger partial charge >= 0.3 is 0 Å². The Hall–Kier alpha value is -7.14. The van der Waals surface area contributed by atoms with Crippen LogP contribution in [-0.2, 0) is 5.41 Å². The lowest BCUT2D eigenvalue weighted by atomic mass is 9.82. The summed E-state index contributed by atoms with van der Waals surface area (Å²) in [6.07, 6.45) is 0.